The minimum atomic E-state index is -0.513. The molecule has 3 rings (SSSR count). The lowest BCUT2D eigenvalue weighted by Gasteiger charge is -2.29. The molecule has 1 aliphatic rings. The third-order valence-electron chi connectivity index (χ3n) is 4.07. The minimum absolute atomic E-state index is 0.513. The summed E-state index contributed by atoms with van der Waals surface area (Å²) in [6.45, 7) is 7.14. The molecule has 1 aromatic heterocycles. The predicted octanol–water partition coefficient (Wildman–Crippen LogP) is 1.57. The molecule has 0 saturated carbocycles. The van der Waals surface area contributed by atoms with Crippen molar-refractivity contribution >= 4 is 10.9 Å². The van der Waals surface area contributed by atoms with Gasteiger partial charge in [0.25, 0.3) is 0 Å². The third kappa shape index (κ3) is 3.21. The summed E-state index contributed by atoms with van der Waals surface area (Å²) in [5.74, 6) is 0.774. The monoisotopic (exact) mass is 301 g/mol. The van der Waals surface area contributed by atoms with Crippen LogP contribution in [0, 0.1) is 0 Å². The van der Waals surface area contributed by atoms with Crippen molar-refractivity contribution in [1.29, 1.82) is 0 Å². The number of β-amino-alcohol motifs (C(OH)–C–C–N with tert-alkyl or cyclic N) is 1. The largest absolute Gasteiger partial charge is 0.492 e. The highest BCUT2D eigenvalue weighted by Crippen LogP contribution is 2.30. The molecule has 2 heterocycles. The van der Waals surface area contributed by atoms with Crippen LogP contribution in [-0.2, 0) is 0 Å². The van der Waals surface area contributed by atoms with Crippen molar-refractivity contribution in [2.45, 2.75) is 13.0 Å². The first kappa shape index (κ1) is 15.2. The summed E-state index contributed by atoms with van der Waals surface area (Å²) in [6.07, 6.45) is 1.25. The van der Waals surface area contributed by atoms with Crippen molar-refractivity contribution in [1.82, 2.24) is 15.2 Å². The molecule has 2 N–H and O–H groups in total. The Morgan fingerprint density at radius 1 is 1.32 bits per heavy atom. The molecule has 1 aliphatic heterocycles. The van der Waals surface area contributed by atoms with Gasteiger partial charge in [0, 0.05) is 44.3 Å². The molecule has 118 valence electrons. The van der Waals surface area contributed by atoms with E-state index in [4.69, 9.17) is 4.74 Å². The Bertz CT molecular complexity index is 626. The number of nitrogens with zero attached hydrogens (tertiary/aromatic N) is 2. The smallest absolute Gasteiger partial charge is 0.145 e. The summed E-state index contributed by atoms with van der Waals surface area (Å²) in [4.78, 5) is 6.72. The number of aliphatic hydroxyl groups excluding tert-OH is 1. The molecule has 0 aliphatic carbocycles. The van der Waals surface area contributed by atoms with E-state index in [2.05, 4.69) is 15.2 Å². The van der Waals surface area contributed by atoms with Crippen LogP contribution in [-0.4, -0.2) is 54.3 Å². The highest BCUT2D eigenvalue weighted by atomic mass is 16.5. The molecule has 1 fully saturated rings. The van der Waals surface area contributed by atoms with Gasteiger partial charge in [0.2, 0.25) is 0 Å². The van der Waals surface area contributed by atoms with E-state index in [9.17, 15) is 5.11 Å². The third-order valence-corrected chi connectivity index (χ3v) is 4.07. The molecule has 1 atom stereocenters. The summed E-state index contributed by atoms with van der Waals surface area (Å²) in [5, 5.41) is 15.0. The Balaban J connectivity index is 1.88. The second-order valence-electron chi connectivity index (χ2n) is 5.55. The first-order valence-corrected chi connectivity index (χ1v) is 7.91. The SMILES string of the molecule is CCOc1ccc(C(O)CN2CCNCC2)c2cccnc12. The maximum Gasteiger partial charge on any atom is 0.145 e. The van der Waals surface area contributed by atoms with Crippen molar-refractivity contribution in [3.63, 3.8) is 0 Å². The molecule has 5 heteroatoms. The lowest BCUT2D eigenvalue weighted by atomic mass is 10.0. The van der Waals surface area contributed by atoms with Crippen molar-refractivity contribution < 1.29 is 9.84 Å². The summed E-state index contributed by atoms with van der Waals surface area (Å²) < 4.78 is 5.64. The molecule has 0 spiro atoms. The number of pyridine rings is 1. The number of hydrogen-bond donors (Lipinski definition) is 2. The molecular formula is C17H23N3O2. The van der Waals surface area contributed by atoms with E-state index in [1.54, 1.807) is 6.20 Å². The summed E-state index contributed by atoms with van der Waals surface area (Å²) >= 11 is 0. The van der Waals surface area contributed by atoms with E-state index < -0.39 is 6.10 Å². The van der Waals surface area contributed by atoms with E-state index >= 15 is 0 Å². The average molecular weight is 301 g/mol. The molecule has 0 radical (unpaired) electrons. The van der Waals surface area contributed by atoms with Crippen LogP contribution in [0.4, 0.5) is 0 Å². The fraction of sp³-hybridized carbons (Fsp3) is 0.471. The van der Waals surface area contributed by atoms with Gasteiger partial charge in [0.1, 0.15) is 11.3 Å². The zero-order valence-corrected chi connectivity index (χ0v) is 13.0. The molecule has 0 amide bonds. The lowest BCUT2D eigenvalue weighted by molar-refractivity contribution is 0.106. The number of piperazine rings is 1. The fourth-order valence-electron chi connectivity index (χ4n) is 2.97. The van der Waals surface area contributed by atoms with Crippen LogP contribution in [0.1, 0.15) is 18.6 Å². The summed E-state index contributed by atoms with van der Waals surface area (Å²) in [5.41, 5.74) is 1.74. The van der Waals surface area contributed by atoms with Gasteiger partial charge in [-0.3, -0.25) is 9.88 Å². The second kappa shape index (κ2) is 7.05. The van der Waals surface area contributed by atoms with Gasteiger partial charge in [0.05, 0.1) is 12.7 Å². The molecule has 22 heavy (non-hydrogen) atoms. The van der Waals surface area contributed by atoms with Crippen molar-refractivity contribution in [2.24, 2.45) is 0 Å². The standard InChI is InChI=1S/C17H23N3O2/c1-2-22-16-6-5-13(14-4-3-7-19-17(14)16)15(21)12-20-10-8-18-9-11-20/h3-7,15,18,21H,2,8-12H2,1H3. The number of hydrogen-bond acceptors (Lipinski definition) is 5. The van der Waals surface area contributed by atoms with Gasteiger partial charge < -0.3 is 15.2 Å². The number of aromatic nitrogens is 1. The Morgan fingerprint density at radius 3 is 2.91 bits per heavy atom. The minimum Gasteiger partial charge on any atom is -0.492 e. The van der Waals surface area contributed by atoms with Crippen molar-refractivity contribution in [3.8, 4) is 5.75 Å². The quantitative estimate of drug-likeness (QED) is 0.878. The van der Waals surface area contributed by atoms with E-state index in [0.29, 0.717) is 13.2 Å². The lowest BCUT2D eigenvalue weighted by Crippen LogP contribution is -2.44. The van der Waals surface area contributed by atoms with Crippen LogP contribution in [0.3, 0.4) is 0 Å². The van der Waals surface area contributed by atoms with Crippen LogP contribution in [0.15, 0.2) is 30.5 Å². The van der Waals surface area contributed by atoms with Crippen LogP contribution in [0.5, 0.6) is 5.75 Å². The Labute approximate surface area is 130 Å². The molecule has 1 unspecified atom stereocenters. The summed E-state index contributed by atoms with van der Waals surface area (Å²) in [7, 11) is 0. The number of nitrogens with one attached hydrogen (secondary N) is 1. The Hall–Kier alpha value is -1.69. The molecule has 1 aromatic carbocycles. The predicted molar refractivity (Wildman–Crippen MR) is 87.2 cm³/mol. The first-order chi connectivity index (χ1) is 10.8. The van der Waals surface area contributed by atoms with Crippen LogP contribution in [0.25, 0.3) is 10.9 Å². The number of fused-ring (bicyclic) bond motifs is 1. The van der Waals surface area contributed by atoms with Crippen LogP contribution >= 0.6 is 0 Å². The Kier molecular flexibility index (Phi) is 4.87. The molecular weight excluding hydrogens is 278 g/mol. The van der Waals surface area contributed by atoms with Crippen LogP contribution < -0.4 is 10.1 Å². The van der Waals surface area contributed by atoms with Crippen molar-refractivity contribution in [3.05, 3.63) is 36.0 Å². The van der Waals surface area contributed by atoms with Gasteiger partial charge in [-0.15, -0.1) is 0 Å². The molecule has 5 nitrogen and oxygen atoms in total. The van der Waals surface area contributed by atoms with Gasteiger partial charge in [-0.2, -0.15) is 0 Å². The van der Waals surface area contributed by atoms with Crippen LogP contribution in [0.2, 0.25) is 0 Å². The van der Waals surface area contributed by atoms with Gasteiger partial charge in [-0.1, -0.05) is 12.1 Å². The maximum atomic E-state index is 10.7. The van der Waals surface area contributed by atoms with E-state index in [0.717, 1.165) is 48.4 Å². The van der Waals surface area contributed by atoms with E-state index in [1.807, 2.05) is 31.2 Å². The second-order valence-corrected chi connectivity index (χ2v) is 5.55. The van der Waals surface area contributed by atoms with E-state index in [-0.39, 0.29) is 0 Å². The normalized spacial score (nSPS) is 17.5. The average Bonchev–Trinajstić information content (AvgIpc) is 2.56. The molecule has 0 bridgehead atoms. The highest BCUT2D eigenvalue weighted by Gasteiger charge is 2.18. The zero-order chi connectivity index (χ0) is 15.4. The van der Waals surface area contributed by atoms with Gasteiger partial charge in [-0.05, 0) is 24.6 Å². The summed E-state index contributed by atoms with van der Waals surface area (Å²) in [6, 6.07) is 7.78. The zero-order valence-electron chi connectivity index (χ0n) is 13.0. The number of benzene rings is 1. The first-order valence-electron chi connectivity index (χ1n) is 7.91. The molecule has 2 aromatic rings. The maximum absolute atomic E-state index is 10.7. The highest BCUT2D eigenvalue weighted by molar-refractivity contribution is 5.87. The topological polar surface area (TPSA) is 57.6 Å². The van der Waals surface area contributed by atoms with Gasteiger partial charge >= 0.3 is 0 Å². The van der Waals surface area contributed by atoms with Crippen molar-refractivity contribution in [2.75, 3.05) is 39.3 Å². The number of rotatable bonds is 5. The fourth-order valence-corrected chi connectivity index (χ4v) is 2.97. The van der Waals surface area contributed by atoms with Gasteiger partial charge in [0.15, 0.2) is 0 Å². The number of aliphatic hydroxyl groups is 1. The van der Waals surface area contributed by atoms with E-state index in [1.165, 1.54) is 0 Å². The number of ether oxygens (including phenoxy) is 1. The molecule has 1 saturated heterocycles. The Morgan fingerprint density at radius 2 is 2.14 bits per heavy atom. The van der Waals surface area contributed by atoms with Gasteiger partial charge in [-0.25, -0.2) is 0 Å².